The van der Waals surface area contributed by atoms with Gasteiger partial charge in [-0.15, -0.1) is 0 Å². The average molecular weight is 333 g/mol. The molecule has 0 bridgehead atoms. The van der Waals surface area contributed by atoms with Crippen LogP contribution in [0.15, 0.2) is 30.3 Å². The molecule has 132 valence electrons. The van der Waals surface area contributed by atoms with Gasteiger partial charge in [0.1, 0.15) is 0 Å². The maximum Gasteiger partial charge on any atom is 0.251 e. The lowest BCUT2D eigenvalue weighted by Crippen LogP contribution is -2.43. The number of hydrogen-bond acceptors (Lipinski definition) is 4. The fourth-order valence-electron chi connectivity index (χ4n) is 3.13. The Morgan fingerprint density at radius 2 is 1.92 bits per heavy atom. The van der Waals surface area contributed by atoms with Crippen LogP contribution in [0.25, 0.3) is 0 Å². The number of carbonyl (C=O) groups excluding carboxylic acids is 2. The van der Waals surface area contributed by atoms with Crippen LogP contribution in [0.4, 0.5) is 0 Å². The minimum Gasteiger partial charge on any atom is -0.388 e. The van der Waals surface area contributed by atoms with Crippen LogP contribution in [0.1, 0.15) is 29.6 Å². The van der Waals surface area contributed by atoms with Crippen LogP contribution >= 0.6 is 0 Å². The molecule has 0 radical (unpaired) electrons. The van der Waals surface area contributed by atoms with Gasteiger partial charge in [-0.05, 0) is 45.5 Å². The predicted molar refractivity (Wildman–Crippen MR) is 92.7 cm³/mol. The summed E-state index contributed by atoms with van der Waals surface area (Å²) in [5.74, 6) is -0.351. The topological polar surface area (TPSA) is 72.9 Å². The molecule has 0 saturated carbocycles. The Bertz CT molecular complexity index is 562. The summed E-state index contributed by atoms with van der Waals surface area (Å²) in [4.78, 5) is 28.0. The summed E-state index contributed by atoms with van der Waals surface area (Å²) in [6, 6.07) is 8.85. The van der Waals surface area contributed by atoms with Gasteiger partial charge in [0.25, 0.3) is 5.91 Å². The molecule has 2 N–H and O–H groups in total. The number of benzene rings is 1. The largest absolute Gasteiger partial charge is 0.388 e. The Morgan fingerprint density at radius 1 is 1.21 bits per heavy atom. The van der Waals surface area contributed by atoms with Gasteiger partial charge in [-0.2, -0.15) is 0 Å². The van der Waals surface area contributed by atoms with Crippen molar-refractivity contribution < 1.29 is 14.7 Å². The maximum atomic E-state index is 12.3. The van der Waals surface area contributed by atoms with E-state index in [4.69, 9.17) is 0 Å². The zero-order valence-electron chi connectivity index (χ0n) is 14.5. The molecule has 2 rings (SSSR count). The molecule has 1 fully saturated rings. The van der Waals surface area contributed by atoms with Crippen molar-refractivity contribution >= 4 is 11.8 Å². The van der Waals surface area contributed by atoms with E-state index >= 15 is 0 Å². The van der Waals surface area contributed by atoms with Gasteiger partial charge in [0.05, 0.1) is 12.1 Å². The highest BCUT2D eigenvalue weighted by Gasteiger charge is 2.31. The van der Waals surface area contributed by atoms with E-state index in [-0.39, 0.29) is 18.4 Å². The lowest BCUT2D eigenvalue weighted by Gasteiger charge is -2.30. The van der Waals surface area contributed by atoms with Crippen LogP contribution in [-0.2, 0) is 4.79 Å². The van der Waals surface area contributed by atoms with E-state index in [0.717, 1.165) is 6.42 Å². The zero-order valence-corrected chi connectivity index (χ0v) is 14.5. The lowest BCUT2D eigenvalue weighted by atomic mass is 9.94. The monoisotopic (exact) mass is 333 g/mol. The van der Waals surface area contributed by atoms with Gasteiger partial charge in [0.2, 0.25) is 5.91 Å². The number of carbonyl (C=O) groups is 2. The van der Waals surface area contributed by atoms with Crippen molar-refractivity contribution in [3.63, 3.8) is 0 Å². The van der Waals surface area contributed by atoms with Crippen molar-refractivity contribution in [1.29, 1.82) is 0 Å². The maximum absolute atomic E-state index is 12.3. The summed E-state index contributed by atoms with van der Waals surface area (Å²) < 4.78 is 0. The number of likely N-dealkylation sites (N-methyl/N-ethyl adjacent to an activating group) is 1. The second kappa shape index (κ2) is 8.26. The molecule has 1 aliphatic heterocycles. The normalized spacial score (nSPS) is 21.4. The Labute approximate surface area is 143 Å². The Morgan fingerprint density at radius 3 is 2.58 bits per heavy atom. The molecule has 1 atom stereocenters. The Kier molecular flexibility index (Phi) is 6.34. The molecular formula is C18H27N3O3. The molecule has 6 nitrogen and oxygen atoms in total. The smallest absolute Gasteiger partial charge is 0.251 e. The standard InChI is InChI=1S/C18H27N3O3/c1-20(2)14-18(24)9-6-11-21(12-10-18)16(22)13-19-17(23)15-7-4-3-5-8-15/h3-5,7-8,24H,6,9-14H2,1-2H3,(H,19,23). The summed E-state index contributed by atoms with van der Waals surface area (Å²) in [6.07, 6.45) is 2.01. The number of nitrogens with zero attached hydrogens (tertiary/aromatic N) is 2. The molecule has 1 aliphatic rings. The van der Waals surface area contributed by atoms with E-state index in [0.29, 0.717) is 38.0 Å². The molecule has 2 amide bonds. The lowest BCUT2D eigenvalue weighted by molar-refractivity contribution is -0.130. The molecule has 1 aromatic rings. The van der Waals surface area contributed by atoms with Crippen molar-refractivity contribution in [2.75, 3.05) is 40.3 Å². The predicted octanol–water partition coefficient (Wildman–Crippen LogP) is 0.722. The van der Waals surface area contributed by atoms with E-state index in [2.05, 4.69) is 5.32 Å². The zero-order chi connectivity index (χ0) is 17.6. The van der Waals surface area contributed by atoms with E-state index in [1.54, 1.807) is 29.2 Å². The fraction of sp³-hybridized carbons (Fsp3) is 0.556. The van der Waals surface area contributed by atoms with Gasteiger partial charge in [-0.1, -0.05) is 18.2 Å². The molecule has 1 aromatic carbocycles. The van der Waals surface area contributed by atoms with E-state index in [9.17, 15) is 14.7 Å². The van der Waals surface area contributed by atoms with Crippen LogP contribution in [0.5, 0.6) is 0 Å². The summed E-state index contributed by atoms with van der Waals surface area (Å²) in [5, 5.41) is 13.3. The van der Waals surface area contributed by atoms with Gasteiger partial charge in [0.15, 0.2) is 0 Å². The molecule has 1 saturated heterocycles. The first-order chi connectivity index (χ1) is 11.4. The van der Waals surface area contributed by atoms with Gasteiger partial charge >= 0.3 is 0 Å². The minimum absolute atomic E-state index is 0.0141. The van der Waals surface area contributed by atoms with Gasteiger partial charge in [-0.25, -0.2) is 0 Å². The van der Waals surface area contributed by atoms with Gasteiger partial charge in [0, 0.05) is 25.2 Å². The van der Waals surface area contributed by atoms with Crippen molar-refractivity contribution in [1.82, 2.24) is 15.1 Å². The van der Waals surface area contributed by atoms with E-state index in [1.165, 1.54) is 0 Å². The van der Waals surface area contributed by atoms with Crippen LogP contribution in [0, 0.1) is 0 Å². The van der Waals surface area contributed by atoms with E-state index in [1.807, 2.05) is 25.1 Å². The number of hydrogen-bond donors (Lipinski definition) is 2. The van der Waals surface area contributed by atoms with Crippen LogP contribution in [-0.4, -0.2) is 72.6 Å². The second-order valence-electron chi connectivity index (χ2n) is 6.75. The molecule has 24 heavy (non-hydrogen) atoms. The molecule has 6 heteroatoms. The molecule has 1 unspecified atom stereocenters. The number of rotatable bonds is 5. The van der Waals surface area contributed by atoms with E-state index < -0.39 is 5.60 Å². The molecule has 0 spiro atoms. The Balaban J connectivity index is 1.84. The number of nitrogens with one attached hydrogen (secondary N) is 1. The number of amides is 2. The summed E-state index contributed by atoms with van der Waals surface area (Å²) in [6.45, 7) is 1.72. The third-order valence-corrected chi connectivity index (χ3v) is 4.32. The summed E-state index contributed by atoms with van der Waals surface area (Å²) >= 11 is 0. The van der Waals surface area contributed by atoms with Crippen LogP contribution in [0.2, 0.25) is 0 Å². The first-order valence-electron chi connectivity index (χ1n) is 8.38. The van der Waals surface area contributed by atoms with Crippen molar-refractivity contribution in [3.8, 4) is 0 Å². The first-order valence-corrected chi connectivity index (χ1v) is 8.38. The SMILES string of the molecule is CN(C)CC1(O)CCCN(C(=O)CNC(=O)c2ccccc2)CC1. The van der Waals surface area contributed by atoms with Crippen molar-refractivity contribution in [2.45, 2.75) is 24.9 Å². The van der Waals surface area contributed by atoms with Crippen molar-refractivity contribution in [2.24, 2.45) is 0 Å². The highest BCUT2D eigenvalue weighted by atomic mass is 16.3. The summed E-state index contributed by atoms with van der Waals surface area (Å²) in [7, 11) is 3.87. The molecular weight excluding hydrogens is 306 g/mol. The minimum atomic E-state index is -0.744. The first kappa shape index (κ1) is 18.4. The Hall–Kier alpha value is -1.92. The highest BCUT2D eigenvalue weighted by molar-refractivity contribution is 5.96. The van der Waals surface area contributed by atoms with Crippen molar-refractivity contribution in [3.05, 3.63) is 35.9 Å². The van der Waals surface area contributed by atoms with Gasteiger partial charge in [-0.3, -0.25) is 9.59 Å². The van der Waals surface area contributed by atoms with Crippen LogP contribution in [0.3, 0.4) is 0 Å². The molecule has 0 aromatic heterocycles. The average Bonchev–Trinajstić information content (AvgIpc) is 2.74. The van der Waals surface area contributed by atoms with Crippen LogP contribution < -0.4 is 5.32 Å². The van der Waals surface area contributed by atoms with Gasteiger partial charge < -0.3 is 20.2 Å². The third-order valence-electron chi connectivity index (χ3n) is 4.32. The number of likely N-dealkylation sites (tertiary alicyclic amines) is 1. The summed E-state index contributed by atoms with van der Waals surface area (Å²) in [5.41, 5.74) is -0.201. The second-order valence-corrected chi connectivity index (χ2v) is 6.75. The quantitative estimate of drug-likeness (QED) is 0.833. The molecule has 1 heterocycles. The third kappa shape index (κ3) is 5.32. The fourth-order valence-corrected chi connectivity index (χ4v) is 3.13. The highest BCUT2D eigenvalue weighted by Crippen LogP contribution is 2.23. The number of aliphatic hydroxyl groups is 1. The molecule has 0 aliphatic carbocycles.